The highest BCUT2D eigenvalue weighted by atomic mass is 16.5. The summed E-state index contributed by atoms with van der Waals surface area (Å²) in [6.07, 6.45) is 7.42. The maximum absolute atomic E-state index is 11.4. The second kappa shape index (κ2) is 13.9. The fraction of sp³-hybridized carbons (Fsp3) is 0.882. The standard InChI is InChI=1S/C17H32O4/c1-4-5-9-13-20-16(18)10-7-6-8-11-17(19)21-14-12-15(2)3/h15H,4-14H2,1-3H3. The van der Waals surface area contributed by atoms with Crippen molar-refractivity contribution < 1.29 is 19.1 Å². The van der Waals surface area contributed by atoms with E-state index in [4.69, 9.17) is 9.47 Å². The van der Waals surface area contributed by atoms with E-state index in [2.05, 4.69) is 20.8 Å². The van der Waals surface area contributed by atoms with Crippen molar-refractivity contribution in [2.75, 3.05) is 13.2 Å². The van der Waals surface area contributed by atoms with Crippen LogP contribution in [0.25, 0.3) is 0 Å². The number of carbonyl (C=O) groups excluding carboxylic acids is 2. The highest BCUT2D eigenvalue weighted by Crippen LogP contribution is 2.07. The van der Waals surface area contributed by atoms with Gasteiger partial charge in [-0.25, -0.2) is 0 Å². The average molecular weight is 300 g/mol. The maximum atomic E-state index is 11.4. The first-order valence-electron chi connectivity index (χ1n) is 8.37. The summed E-state index contributed by atoms with van der Waals surface area (Å²) < 4.78 is 10.2. The fourth-order valence-electron chi connectivity index (χ4n) is 1.81. The van der Waals surface area contributed by atoms with Crippen molar-refractivity contribution in [3.63, 3.8) is 0 Å². The van der Waals surface area contributed by atoms with Gasteiger partial charge in [0.1, 0.15) is 0 Å². The van der Waals surface area contributed by atoms with E-state index in [1.165, 1.54) is 0 Å². The number of unbranched alkanes of at least 4 members (excludes halogenated alkanes) is 4. The fourth-order valence-corrected chi connectivity index (χ4v) is 1.81. The smallest absolute Gasteiger partial charge is 0.305 e. The Hall–Kier alpha value is -1.06. The van der Waals surface area contributed by atoms with Gasteiger partial charge in [-0.2, -0.15) is 0 Å². The van der Waals surface area contributed by atoms with Gasteiger partial charge >= 0.3 is 11.9 Å². The van der Waals surface area contributed by atoms with E-state index in [1.54, 1.807) is 0 Å². The Morgan fingerprint density at radius 2 is 1.38 bits per heavy atom. The Bertz CT molecular complexity index is 274. The third-order valence-corrected chi connectivity index (χ3v) is 3.23. The number of ether oxygens (including phenoxy) is 2. The van der Waals surface area contributed by atoms with Crippen LogP contribution in [-0.4, -0.2) is 25.2 Å². The Morgan fingerprint density at radius 1 is 0.810 bits per heavy atom. The van der Waals surface area contributed by atoms with Gasteiger partial charge in [0.15, 0.2) is 0 Å². The molecular formula is C17H32O4. The van der Waals surface area contributed by atoms with Gasteiger partial charge in [-0.1, -0.05) is 40.0 Å². The first-order valence-corrected chi connectivity index (χ1v) is 8.37. The van der Waals surface area contributed by atoms with E-state index in [1.807, 2.05) is 0 Å². The van der Waals surface area contributed by atoms with Crippen molar-refractivity contribution in [1.29, 1.82) is 0 Å². The molecule has 0 radical (unpaired) electrons. The van der Waals surface area contributed by atoms with E-state index >= 15 is 0 Å². The minimum absolute atomic E-state index is 0.120. The molecule has 124 valence electrons. The normalized spacial score (nSPS) is 10.7. The third kappa shape index (κ3) is 15.2. The van der Waals surface area contributed by atoms with Gasteiger partial charge in [-0.05, 0) is 31.6 Å². The molecule has 0 aromatic rings. The van der Waals surface area contributed by atoms with Crippen LogP contribution in [0.3, 0.4) is 0 Å². The zero-order chi connectivity index (χ0) is 15.9. The molecule has 0 amide bonds. The van der Waals surface area contributed by atoms with Gasteiger partial charge in [-0.3, -0.25) is 9.59 Å². The number of hydrogen-bond acceptors (Lipinski definition) is 4. The lowest BCUT2D eigenvalue weighted by atomic mass is 10.1. The van der Waals surface area contributed by atoms with E-state index in [0.29, 0.717) is 32.0 Å². The number of hydrogen-bond donors (Lipinski definition) is 0. The van der Waals surface area contributed by atoms with E-state index in [-0.39, 0.29) is 11.9 Å². The van der Waals surface area contributed by atoms with Crippen LogP contribution in [0.5, 0.6) is 0 Å². The first kappa shape index (κ1) is 19.9. The summed E-state index contributed by atoms with van der Waals surface area (Å²) in [6, 6.07) is 0. The molecule has 4 heteroatoms. The van der Waals surface area contributed by atoms with Crippen LogP contribution in [0, 0.1) is 5.92 Å². The van der Waals surface area contributed by atoms with Crippen LogP contribution in [-0.2, 0) is 19.1 Å². The van der Waals surface area contributed by atoms with Gasteiger partial charge in [0.25, 0.3) is 0 Å². The molecule has 0 aliphatic rings. The Labute approximate surface area is 129 Å². The lowest BCUT2D eigenvalue weighted by Gasteiger charge is -2.07. The second-order valence-electron chi connectivity index (χ2n) is 5.89. The van der Waals surface area contributed by atoms with Crippen LogP contribution >= 0.6 is 0 Å². The lowest BCUT2D eigenvalue weighted by molar-refractivity contribution is -0.144. The monoisotopic (exact) mass is 300 g/mol. The van der Waals surface area contributed by atoms with Crippen molar-refractivity contribution >= 4 is 11.9 Å². The summed E-state index contributed by atoms with van der Waals surface area (Å²) >= 11 is 0. The van der Waals surface area contributed by atoms with Gasteiger partial charge in [0.2, 0.25) is 0 Å². The van der Waals surface area contributed by atoms with Crippen molar-refractivity contribution in [3.05, 3.63) is 0 Å². The largest absolute Gasteiger partial charge is 0.466 e. The molecule has 0 aliphatic heterocycles. The van der Waals surface area contributed by atoms with Crippen LogP contribution in [0.2, 0.25) is 0 Å². The van der Waals surface area contributed by atoms with Crippen LogP contribution in [0.1, 0.15) is 78.6 Å². The highest BCUT2D eigenvalue weighted by molar-refractivity contribution is 5.69. The summed E-state index contributed by atoms with van der Waals surface area (Å²) in [4.78, 5) is 22.8. The molecule has 4 nitrogen and oxygen atoms in total. The van der Waals surface area contributed by atoms with E-state index < -0.39 is 0 Å². The highest BCUT2D eigenvalue weighted by Gasteiger charge is 2.05. The maximum Gasteiger partial charge on any atom is 0.305 e. The number of esters is 2. The zero-order valence-electron chi connectivity index (χ0n) is 14.0. The predicted octanol–water partition coefficient (Wildman–Crippen LogP) is 4.26. The van der Waals surface area contributed by atoms with Gasteiger partial charge in [0, 0.05) is 12.8 Å². The molecule has 0 unspecified atom stereocenters. The molecule has 0 rings (SSSR count). The molecular weight excluding hydrogens is 268 g/mol. The van der Waals surface area contributed by atoms with E-state index in [9.17, 15) is 9.59 Å². The molecule has 0 saturated carbocycles. The molecule has 0 N–H and O–H groups in total. The molecule has 0 aromatic carbocycles. The first-order chi connectivity index (χ1) is 10.1. The summed E-state index contributed by atoms with van der Waals surface area (Å²) in [5.74, 6) is 0.310. The lowest BCUT2D eigenvalue weighted by Crippen LogP contribution is -2.08. The number of carbonyl (C=O) groups is 2. The summed E-state index contributed by atoms with van der Waals surface area (Å²) in [5, 5.41) is 0. The molecule has 0 spiro atoms. The quantitative estimate of drug-likeness (QED) is 0.377. The van der Waals surface area contributed by atoms with Gasteiger partial charge in [-0.15, -0.1) is 0 Å². The summed E-state index contributed by atoms with van der Waals surface area (Å²) in [6.45, 7) is 7.38. The molecule has 0 saturated heterocycles. The predicted molar refractivity (Wildman–Crippen MR) is 84.0 cm³/mol. The molecule has 21 heavy (non-hydrogen) atoms. The average Bonchev–Trinajstić information content (AvgIpc) is 2.43. The topological polar surface area (TPSA) is 52.6 Å². The number of rotatable bonds is 13. The Morgan fingerprint density at radius 3 is 1.90 bits per heavy atom. The zero-order valence-corrected chi connectivity index (χ0v) is 14.0. The van der Waals surface area contributed by atoms with Crippen LogP contribution in [0.4, 0.5) is 0 Å². The minimum atomic E-state index is -0.127. The molecule has 0 fully saturated rings. The molecule has 0 atom stereocenters. The summed E-state index contributed by atoms with van der Waals surface area (Å²) in [5.41, 5.74) is 0. The SMILES string of the molecule is CCCCCOC(=O)CCCCCC(=O)OCCC(C)C. The minimum Gasteiger partial charge on any atom is -0.466 e. The van der Waals surface area contributed by atoms with Crippen molar-refractivity contribution in [2.24, 2.45) is 5.92 Å². The second-order valence-corrected chi connectivity index (χ2v) is 5.89. The van der Waals surface area contributed by atoms with Crippen molar-refractivity contribution in [1.82, 2.24) is 0 Å². The summed E-state index contributed by atoms with van der Waals surface area (Å²) in [7, 11) is 0. The van der Waals surface area contributed by atoms with Crippen molar-refractivity contribution in [3.8, 4) is 0 Å². The molecule has 0 aromatic heterocycles. The Balaban J connectivity index is 3.34. The molecule has 0 bridgehead atoms. The van der Waals surface area contributed by atoms with E-state index in [0.717, 1.165) is 44.9 Å². The Kier molecular flexibility index (Phi) is 13.2. The van der Waals surface area contributed by atoms with Crippen LogP contribution in [0.15, 0.2) is 0 Å². The molecule has 0 aliphatic carbocycles. The van der Waals surface area contributed by atoms with Gasteiger partial charge in [0.05, 0.1) is 13.2 Å². The molecule has 0 heterocycles. The van der Waals surface area contributed by atoms with Crippen molar-refractivity contribution in [2.45, 2.75) is 78.6 Å². The van der Waals surface area contributed by atoms with Gasteiger partial charge < -0.3 is 9.47 Å². The third-order valence-electron chi connectivity index (χ3n) is 3.23. The van der Waals surface area contributed by atoms with Crippen LogP contribution < -0.4 is 0 Å².